The summed E-state index contributed by atoms with van der Waals surface area (Å²) in [5.74, 6) is 1.21. The van der Waals surface area contributed by atoms with Gasteiger partial charge in [-0.15, -0.1) is 10.2 Å². The van der Waals surface area contributed by atoms with Crippen molar-refractivity contribution in [1.29, 1.82) is 0 Å². The van der Waals surface area contributed by atoms with Gasteiger partial charge in [0, 0.05) is 34.6 Å². The Hall–Kier alpha value is -3.87. The fourth-order valence-corrected chi connectivity index (χ4v) is 5.48. The molecule has 1 aliphatic heterocycles. The number of carbonyl (C=O) groups excluding carboxylic acids is 1. The summed E-state index contributed by atoms with van der Waals surface area (Å²) in [4.78, 5) is 16.8. The normalized spacial score (nSPS) is 18.6. The molecule has 2 aromatic carbocycles. The van der Waals surface area contributed by atoms with Crippen molar-refractivity contribution in [2.75, 3.05) is 13.7 Å². The van der Waals surface area contributed by atoms with Crippen molar-refractivity contribution in [3.05, 3.63) is 70.9 Å². The Balaban J connectivity index is 1.17. The molecule has 7 heteroatoms. The number of H-pyrrole nitrogens is 1. The Morgan fingerprint density at radius 1 is 1.20 bits per heavy atom. The molecule has 0 saturated heterocycles. The first-order valence-electron chi connectivity index (χ1n) is 12.2. The van der Waals surface area contributed by atoms with Crippen molar-refractivity contribution in [2.24, 2.45) is 0 Å². The van der Waals surface area contributed by atoms with Crippen molar-refractivity contribution in [3.8, 4) is 22.9 Å². The minimum atomic E-state index is -0.151. The summed E-state index contributed by atoms with van der Waals surface area (Å²) >= 11 is 0. The number of rotatable bonds is 5. The summed E-state index contributed by atoms with van der Waals surface area (Å²) in [6, 6.07) is 16.2. The summed E-state index contributed by atoms with van der Waals surface area (Å²) in [5, 5.41) is 12.8. The molecule has 2 aliphatic rings. The predicted octanol–water partition coefficient (Wildman–Crippen LogP) is 4.48. The van der Waals surface area contributed by atoms with E-state index in [1.165, 1.54) is 10.9 Å². The lowest BCUT2D eigenvalue weighted by atomic mass is 9.86. The first-order valence-corrected chi connectivity index (χ1v) is 12.2. The molecule has 7 nitrogen and oxygen atoms in total. The minimum absolute atomic E-state index is 0.0643. The fourth-order valence-electron chi connectivity index (χ4n) is 5.48. The molecule has 0 fully saturated rings. The number of ether oxygens (including phenoxy) is 2. The molecule has 6 rings (SSSR count). The minimum Gasteiger partial charge on any atom is -0.487 e. The van der Waals surface area contributed by atoms with E-state index in [1.54, 1.807) is 13.2 Å². The van der Waals surface area contributed by atoms with E-state index in [-0.39, 0.29) is 17.9 Å². The number of nitrogens with zero attached hydrogens (tertiary/aromatic N) is 2. The topological polar surface area (TPSA) is 89.1 Å². The van der Waals surface area contributed by atoms with Crippen LogP contribution in [0.5, 0.6) is 11.6 Å². The highest BCUT2D eigenvalue weighted by atomic mass is 16.5. The van der Waals surface area contributed by atoms with Crippen LogP contribution < -0.4 is 14.8 Å². The average molecular weight is 469 g/mol. The van der Waals surface area contributed by atoms with Gasteiger partial charge in [0.05, 0.1) is 25.3 Å². The number of aryl methyl sites for hydroxylation is 2. The van der Waals surface area contributed by atoms with Crippen molar-refractivity contribution < 1.29 is 14.3 Å². The van der Waals surface area contributed by atoms with Crippen LogP contribution in [0.4, 0.5) is 0 Å². The third-order valence-corrected chi connectivity index (χ3v) is 7.10. The molecular weight excluding hydrogens is 440 g/mol. The van der Waals surface area contributed by atoms with Crippen LogP contribution in [0.15, 0.2) is 48.5 Å². The number of nitrogens with one attached hydrogen (secondary N) is 2. The monoisotopic (exact) mass is 468 g/mol. The highest BCUT2D eigenvalue weighted by Crippen LogP contribution is 2.40. The molecular formula is C28H28N4O3. The maximum absolute atomic E-state index is 13.3. The number of benzene rings is 2. The first kappa shape index (κ1) is 21.6. The summed E-state index contributed by atoms with van der Waals surface area (Å²) in [5.41, 5.74) is 7.39. The number of amides is 1. The van der Waals surface area contributed by atoms with Gasteiger partial charge in [-0.05, 0) is 61.1 Å². The Kier molecular flexibility index (Phi) is 5.40. The van der Waals surface area contributed by atoms with Crippen LogP contribution in [0, 0.1) is 6.92 Å². The van der Waals surface area contributed by atoms with Gasteiger partial charge in [0.2, 0.25) is 11.8 Å². The second-order valence-electron chi connectivity index (χ2n) is 9.46. The lowest BCUT2D eigenvalue weighted by Gasteiger charge is -2.23. The van der Waals surface area contributed by atoms with Crippen molar-refractivity contribution >= 4 is 16.8 Å². The van der Waals surface area contributed by atoms with E-state index in [9.17, 15) is 4.79 Å². The van der Waals surface area contributed by atoms with Gasteiger partial charge in [0.1, 0.15) is 11.9 Å². The summed E-state index contributed by atoms with van der Waals surface area (Å²) < 4.78 is 11.5. The van der Waals surface area contributed by atoms with Crippen LogP contribution in [-0.4, -0.2) is 40.8 Å². The van der Waals surface area contributed by atoms with Crippen LogP contribution in [0.2, 0.25) is 0 Å². The van der Waals surface area contributed by atoms with Crippen LogP contribution in [0.3, 0.4) is 0 Å². The van der Waals surface area contributed by atoms with E-state index in [2.05, 4.69) is 57.8 Å². The molecule has 0 unspecified atom stereocenters. The Bertz CT molecular complexity index is 1410. The number of para-hydroxylation sites is 1. The van der Waals surface area contributed by atoms with Gasteiger partial charge in [-0.2, -0.15) is 0 Å². The van der Waals surface area contributed by atoms with Crippen molar-refractivity contribution in [3.63, 3.8) is 0 Å². The molecule has 4 aromatic rings. The molecule has 0 spiro atoms. The zero-order valence-corrected chi connectivity index (χ0v) is 19.9. The van der Waals surface area contributed by atoms with Crippen molar-refractivity contribution in [2.45, 2.75) is 44.6 Å². The van der Waals surface area contributed by atoms with Crippen LogP contribution in [0.1, 0.15) is 41.1 Å². The van der Waals surface area contributed by atoms with Gasteiger partial charge in [-0.3, -0.25) is 4.79 Å². The lowest BCUT2D eigenvalue weighted by molar-refractivity contribution is -0.123. The van der Waals surface area contributed by atoms with Gasteiger partial charge < -0.3 is 19.8 Å². The van der Waals surface area contributed by atoms with Crippen LogP contribution in [0.25, 0.3) is 22.2 Å². The Morgan fingerprint density at radius 2 is 2.09 bits per heavy atom. The maximum Gasteiger partial charge on any atom is 0.233 e. The van der Waals surface area contributed by atoms with Crippen LogP contribution in [-0.2, 0) is 17.6 Å². The van der Waals surface area contributed by atoms with E-state index < -0.39 is 0 Å². The van der Waals surface area contributed by atoms with E-state index in [4.69, 9.17) is 9.47 Å². The van der Waals surface area contributed by atoms with E-state index in [0.29, 0.717) is 12.4 Å². The second-order valence-corrected chi connectivity index (χ2v) is 9.46. The molecule has 0 bridgehead atoms. The van der Waals surface area contributed by atoms with Gasteiger partial charge in [-0.25, -0.2) is 0 Å². The van der Waals surface area contributed by atoms with Crippen LogP contribution >= 0.6 is 0 Å². The molecule has 2 aromatic heterocycles. The average Bonchev–Trinajstić information content (AvgIpc) is 3.47. The molecule has 2 atom stereocenters. The number of fused-ring (bicyclic) bond motifs is 4. The summed E-state index contributed by atoms with van der Waals surface area (Å²) in [6.45, 7) is 2.53. The molecule has 3 heterocycles. The number of aromatic nitrogens is 3. The van der Waals surface area contributed by atoms with Gasteiger partial charge >= 0.3 is 0 Å². The largest absolute Gasteiger partial charge is 0.487 e. The number of aromatic amines is 1. The third-order valence-electron chi connectivity index (χ3n) is 7.10. The number of hydrogen-bond acceptors (Lipinski definition) is 5. The zero-order valence-electron chi connectivity index (χ0n) is 19.9. The number of hydrogen-bond donors (Lipinski definition) is 2. The molecule has 2 N–H and O–H groups in total. The lowest BCUT2D eigenvalue weighted by Crippen LogP contribution is -2.38. The first-order chi connectivity index (χ1) is 17.1. The Labute approximate surface area is 203 Å². The molecule has 178 valence electrons. The Morgan fingerprint density at radius 3 is 2.91 bits per heavy atom. The number of carbonyl (C=O) groups is 1. The highest BCUT2D eigenvalue weighted by molar-refractivity contribution is 5.90. The van der Waals surface area contributed by atoms with E-state index in [1.807, 2.05) is 12.1 Å². The maximum atomic E-state index is 13.3. The summed E-state index contributed by atoms with van der Waals surface area (Å²) in [6.07, 6.45) is 3.52. The summed E-state index contributed by atoms with van der Waals surface area (Å²) in [7, 11) is 1.57. The van der Waals surface area contributed by atoms with Gasteiger partial charge in [0.25, 0.3) is 0 Å². The second kappa shape index (κ2) is 8.73. The highest BCUT2D eigenvalue weighted by Gasteiger charge is 2.32. The third kappa shape index (κ3) is 3.91. The predicted molar refractivity (Wildman–Crippen MR) is 134 cm³/mol. The van der Waals surface area contributed by atoms with E-state index in [0.717, 1.165) is 65.0 Å². The van der Waals surface area contributed by atoms with E-state index >= 15 is 0 Å². The van der Waals surface area contributed by atoms with Gasteiger partial charge in [0.15, 0.2) is 0 Å². The molecule has 0 saturated carbocycles. The van der Waals surface area contributed by atoms with Gasteiger partial charge in [-0.1, -0.05) is 24.3 Å². The SMILES string of the molecule is COc1ccc(-c2cc(C)cc3c2O[C@H](CNC(=O)[C@@H]2CCCc4c2[nH]c2ccccc42)C3)nn1. The van der Waals surface area contributed by atoms with Crippen molar-refractivity contribution in [1.82, 2.24) is 20.5 Å². The molecule has 1 aliphatic carbocycles. The fraction of sp³-hybridized carbons (Fsp3) is 0.321. The molecule has 35 heavy (non-hydrogen) atoms. The zero-order chi connectivity index (χ0) is 23.9. The smallest absolute Gasteiger partial charge is 0.233 e. The molecule has 0 radical (unpaired) electrons. The quantitative estimate of drug-likeness (QED) is 0.451. The number of methoxy groups -OCH3 is 1. The standard InChI is InChI=1S/C28H28N4O3/c1-16-12-17-14-18(35-27(17)22(13-16)24-10-11-25(34-2)32-31-24)15-29-28(33)21-8-5-7-20-19-6-3-4-9-23(19)30-26(20)21/h3-4,6,9-13,18,21,30H,5,7-8,14-15H2,1-2H3,(H,29,33)/t18-,21+/m0/s1. The molecule has 1 amide bonds.